The number of aromatic nitrogens is 3. The Kier molecular flexibility index (Phi) is 6.85. The summed E-state index contributed by atoms with van der Waals surface area (Å²) < 4.78 is 1.68. The van der Waals surface area contributed by atoms with Crippen LogP contribution >= 0.6 is 23.4 Å². The van der Waals surface area contributed by atoms with Crippen molar-refractivity contribution in [3.8, 4) is 11.3 Å². The fourth-order valence-corrected chi connectivity index (χ4v) is 3.50. The number of carbonyl (C=O) groups excluding carboxylic acids is 1. The van der Waals surface area contributed by atoms with E-state index in [0.717, 1.165) is 23.5 Å². The maximum absolute atomic E-state index is 11.9. The van der Waals surface area contributed by atoms with Gasteiger partial charge in [0.25, 0.3) is 0 Å². The van der Waals surface area contributed by atoms with Crippen molar-refractivity contribution in [2.45, 2.75) is 6.42 Å². The number of hydrogen-bond donors (Lipinski definition) is 1. The molecule has 0 spiro atoms. The number of anilines is 1. The Bertz CT molecular complexity index is 980. The summed E-state index contributed by atoms with van der Waals surface area (Å²) in [4.78, 5) is 18.2. The Morgan fingerprint density at radius 2 is 2.18 bits per heavy atom. The van der Waals surface area contributed by atoms with Crippen LogP contribution in [0.5, 0.6) is 0 Å². The van der Waals surface area contributed by atoms with Gasteiger partial charge in [0, 0.05) is 43.0 Å². The third-order valence-corrected chi connectivity index (χ3v) is 5.18. The molecule has 0 atom stereocenters. The van der Waals surface area contributed by atoms with Crippen LogP contribution in [0.4, 0.5) is 5.82 Å². The first kappa shape index (κ1) is 20.5. The zero-order chi connectivity index (χ0) is 20.1. The molecule has 2 radical (unpaired) electrons. The van der Waals surface area contributed by atoms with Crippen LogP contribution in [0.15, 0.2) is 36.5 Å². The standard InChI is InChI=1S/C19H21BClN5OS/c1-25(18(27)12-28-2)9-5-8-22-17-10-16(13-6-3-4-7-15(13)21)24-19-14(20)11-23-26(17)19/h3-4,6-7,10-11,22H,5,8-9,12H2,1-2H3. The third kappa shape index (κ3) is 4.62. The molecule has 28 heavy (non-hydrogen) atoms. The number of rotatable bonds is 8. The first-order valence-corrected chi connectivity index (χ1v) is 10.6. The summed E-state index contributed by atoms with van der Waals surface area (Å²) in [6.45, 7) is 1.36. The molecule has 0 bridgehead atoms. The number of amides is 1. The number of carbonyl (C=O) groups is 1. The number of benzene rings is 1. The second-order valence-corrected chi connectivity index (χ2v) is 7.64. The number of fused-ring (bicyclic) bond motifs is 1. The molecule has 0 unspecified atom stereocenters. The molecule has 0 aliphatic carbocycles. The highest BCUT2D eigenvalue weighted by molar-refractivity contribution is 7.99. The van der Waals surface area contributed by atoms with E-state index >= 15 is 0 Å². The molecule has 6 nitrogen and oxygen atoms in total. The highest BCUT2D eigenvalue weighted by Gasteiger charge is 2.12. The van der Waals surface area contributed by atoms with Crippen molar-refractivity contribution >= 4 is 54.0 Å². The Morgan fingerprint density at radius 1 is 1.39 bits per heavy atom. The molecule has 0 aliphatic rings. The summed E-state index contributed by atoms with van der Waals surface area (Å²) in [7, 11) is 7.86. The van der Waals surface area contributed by atoms with Crippen molar-refractivity contribution in [2.75, 3.05) is 37.5 Å². The molecule has 0 fully saturated rings. The molecule has 1 aromatic carbocycles. The minimum absolute atomic E-state index is 0.139. The summed E-state index contributed by atoms with van der Waals surface area (Å²) in [5.74, 6) is 1.41. The minimum Gasteiger partial charge on any atom is -0.370 e. The zero-order valence-electron chi connectivity index (χ0n) is 15.9. The Hall–Kier alpha value is -2.19. The van der Waals surface area contributed by atoms with Crippen LogP contribution in [0.3, 0.4) is 0 Å². The van der Waals surface area contributed by atoms with Crippen molar-refractivity contribution < 1.29 is 4.79 Å². The van der Waals surface area contributed by atoms with Crippen LogP contribution in [-0.4, -0.2) is 65.4 Å². The topological polar surface area (TPSA) is 62.5 Å². The van der Waals surface area contributed by atoms with Gasteiger partial charge in [-0.1, -0.05) is 29.8 Å². The lowest BCUT2D eigenvalue weighted by Crippen LogP contribution is -2.30. The van der Waals surface area contributed by atoms with Gasteiger partial charge < -0.3 is 10.2 Å². The van der Waals surface area contributed by atoms with Crippen LogP contribution in [-0.2, 0) is 4.79 Å². The molecule has 144 valence electrons. The number of nitrogens with zero attached hydrogens (tertiary/aromatic N) is 4. The first-order valence-electron chi connectivity index (χ1n) is 8.87. The molecule has 0 saturated carbocycles. The average Bonchev–Trinajstić information content (AvgIpc) is 3.06. The zero-order valence-corrected chi connectivity index (χ0v) is 17.4. The maximum atomic E-state index is 11.9. The molecule has 1 amide bonds. The lowest BCUT2D eigenvalue weighted by molar-refractivity contribution is -0.127. The fraction of sp³-hybridized carbons (Fsp3) is 0.316. The molecule has 2 heterocycles. The van der Waals surface area contributed by atoms with Crippen LogP contribution in [0, 0.1) is 0 Å². The Labute approximate surface area is 175 Å². The number of hydrogen-bond acceptors (Lipinski definition) is 5. The molecule has 9 heteroatoms. The lowest BCUT2D eigenvalue weighted by Gasteiger charge is -2.17. The van der Waals surface area contributed by atoms with Gasteiger partial charge in [-0.05, 0) is 24.2 Å². The van der Waals surface area contributed by atoms with E-state index in [1.165, 1.54) is 11.8 Å². The van der Waals surface area contributed by atoms with Gasteiger partial charge in [-0.2, -0.15) is 21.4 Å². The van der Waals surface area contributed by atoms with Crippen LogP contribution in [0.1, 0.15) is 6.42 Å². The fourth-order valence-electron chi connectivity index (χ4n) is 2.80. The van der Waals surface area contributed by atoms with Crippen molar-refractivity contribution in [1.82, 2.24) is 19.5 Å². The molecule has 1 N–H and O–H groups in total. The van der Waals surface area contributed by atoms with Gasteiger partial charge in [0.15, 0.2) is 5.65 Å². The molecular formula is C19H21BClN5OS. The maximum Gasteiger partial charge on any atom is 0.232 e. The summed E-state index contributed by atoms with van der Waals surface area (Å²) in [5, 5.41) is 8.31. The van der Waals surface area contributed by atoms with E-state index in [2.05, 4.69) is 15.4 Å². The van der Waals surface area contributed by atoms with E-state index in [-0.39, 0.29) is 5.91 Å². The van der Waals surface area contributed by atoms with Crippen molar-refractivity contribution in [3.05, 3.63) is 41.6 Å². The van der Waals surface area contributed by atoms with Crippen LogP contribution in [0.25, 0.3) is 16.9 Å². The van der Waals surface area contributed by atoms with E-state index in [9.17, 15) is 4.79 Å². The largest absolute Gasteiger partial charge is 0.370 e. The second kappa shape index (κ2) is 9.34. The normalized spacial score (nSPS) is 11.0. The van der Waals surface area contributed by atoms with Crippen molar-refractivity contribution in [1.29, 1.82) is 0 Å². The Balaban J connectivity index is 1.77. The molecular weight excluding hydrogens is 393 g/mol. The van der Waals surface area contributed by atoms with Crippen LogP contribution in [0.2, 0.25) is 5.02 Å². The monoisotopic (exact) mass is 413 g/mol. The summed E-state index contributed by atoms with van der Waals surface area (Å²) >= 11 is 7.87. The van der Waals surface area contributed by atoms with E-state index in [1.54, 1.807) is 15.6 Å². The quantitative estimate of drug-likeness (QED) is 0.454. The van der Waals surface area contributed by atoms with Crippen LogP contribution < -0.4 is 10.8 Å². The van der Waals surface area contributed by atoms with Crippen molar-refractivity contribution in [2.24, 2.45) is 0 Å². The van der Waals surface area contributed by atoms with Gasteiger partial charge in [0.05, 0.1) is 11.4 Å². The van der Waals surface area contributed by atoms with Crippen molar-refractivity contribution in [3.63, 3.8) is 0 Å². The van der Waals surface area contributed by atoms with E-state index in [1.807, 2.05) is 43.6 Å². The number of thioether (sulfide) groups is 1. The minimum atomic E-state index is 0.139. The van der Waals surface area contributed by atoms with Gasteiger partial charge in [-0.25, -0.2) is 4.98 Å². The third-order valence-electron chi connectivity index (χ3n) is 4.32. The number of nitrogens with one attached hydrogen (secondary N) is 1. The molecule has 2 aromatic heterocycles. The number of halogens is 1. The SMILES string of the molecule is [B]c1cnn2c(NCCCN(C)C(=O)CSC)cc(-c3ccccc3Cl)nc12. The smallest absolute Gasteiger partial charge is 0.232 e. The summed E-state index contributed by atoms with van der Waals surface area (Å²) in [6, 6.07) is 9.46. The molecule has 3 rings (SSSR count). The highest BCUT2D eigenvalue weighted by Crippen LogP contribution is 2.28. The molecule has 0 saturated heterocycles. The second-order valence-electron chi connectivity index (χ2n) is 6.37. The van der Waals surface area contributed by atoms with E-state index in [0.29, 0.717) is 35.0 Å². The predicted molar refractivity (Wildman–Crippen MR) is 118 cm³/mol. The van der Waals surface area contributed by atoms with Gasteiger partial charge in [0.1, 0.15) is 13.7 Å². The average molecular weight is 414 g/mol. The molecule has 0 aliphatic heterocycles. The first-order chi connectivity index (χ1) is 13.5. The van der Waals surface area contributed by atoms with E-state index < -0.39 is 0 Å². The summed E-state index contributed by atoms with van der Waals surface area (Å²) in [6.07, 6.45) is 4.31. The van der Waals surface area contributed by atoms with Gasteiger partial charge in [-0.15, -0.1) is 0 Å². The van der Waals surface area contributed by atoms with Gasteiger partial charge in [0.2, 0.25) is 5.91 Å². The summed E-state index contributed by atoms with van der Waals surface area (Å²) in [5.41, 5.74) is 2.63. The molecule has 3 aromatic rings. The van der Waals surface area contributed by atoms with Gasteiger partial charge >= 0.3 is 0 Å². The lowest BCUT2D eigenvalue weighted by atomic mass is 10.0. The van der Waals surface area contributed by atoms with E-state index in [4.69, 9.17) is 19.4 Å². The van der Waals surface area contributed by atoms with Gasteiger partial charge in [-0.3, -0.25) is 4.79 Å². The highest BCUT2D eigenvalue weighted by atomic mass is 35.5. The Morgan fingerprint density at radius 3 is 2.93 bits per heavy atom. The predicted octanol–water partition coefficient (Wildman–Crippen LogP) is 2.47.